The first-order valence-electron chi connectivity index (χ1n) is 12.6. The van der Waals surface area contributed by atoms with Gasteiger partial charge in [-0.05, 0) is 42.3 Å². The van der Waals surface area contributed by atoms with Crippen molar-refractivity contribution in [1.29, 1.82) is 0 Å². The molecule has 3 rings (SSSR count). The molecule has 9 nitrogen and oxygen atoms in total. The Kier molecular flexibility index (Phi) is 10.8. The molecule has 0 aromatic heterocycles. The number of rotatable bonds is 13. The fourth-order valence-electron chi connectivity index (χ4n) is 4.22. The molecule has 1 unspecified atom stereocenters. The normalized spacial score (nSPS) is 11.8. The zero-order valence-electron chi connectivity index (χ0n) is 23.0. The summed E-state index contributed by atoms with van der Waals surface area (Å²) in [6, 6.07) is 20.0. The van der Waals surface area contributed by atoms with Gasteiger partial charge in [-0.25, -0.2) is 8.42 Å². The highest BCUT2D eigenvalue weighted by Gasteiger charge is 2.33. The topological polar surface area (TPSA) is 105 Å². The van der Waals surface area contributed by atoms with E-state index >= 15 is 0 Å². The second-order valence-electron chi connectivity index (χ2n) is 9.06. The molecule has 0 bridgehead atoms. The maximum absolute atomic E-state index is 14.1. The van der Waals surface area contributed by atoms with E-state index in [-0.39, 0.29) is 30.3 Å². The molecule has 0 fully saturated rings. The van der Waals surface area contributed by atoms with E-state index in [1.165, 1.54) is 31.3 Å². The minimum Gasteiger partial charge on any atom is -0.497 e. The molecular weight excluding hydrogens is 554 g/mol. The lowest BCUT2D eigenvalue weighted by Crippen LogP contribution is -2.53. The maximum Gasteiger partial charge on any atom is 0.244 e. The molecule has 214 valence electrons. The fourth-order valence-corrected chi connectivity index (χ4v) is 5.20. The van der Waals surface area contributed by atoms with Gasteiger partial charge in [0.15, 0.2) is 0 Å². The number of hydrogen-bond acceptors (Lipinski definition) is 6. The largest absolute Gasteiger partial charge is 0.497 e. The van der Waals surface area contributed by atoms with E-state index in [2.05, 4.69) is 5.32 Å². The highest BCUT2D eigenvalue weighted by atomic mass is 35.5. The second-order valence-corrected chi connectivity index (χ2v) is 11.4. The summed E-state index contributed by atoms with van der Waals surface area (Å²) in [4.78, 5) is 28.8. The average molecular weight is 588 g/mol. The van der Waals surface area contributed by atoms with Crippen LogP contribution in [0.2, 0.25) is 5.02 Å². The highest BCUT2D eigenvalue weighted by molar-refractivity contribution is 7.92. The van der Waals surface area contributed by atoms with Crippen molar-refractivity contribution < 1.29 is 27.5 Å². The number of carbonyl (C=O) groups is 2. The Bertz CT molecular complexity index is 1400. The molecule has 1 atom stereocenters. The molecule has 2 amide bonds. The number of anilines is 1. The van der Waals surface area contributed by atoms with Crippen LogP contribution in [0.1, 0.15) is 18.1 Å². The van der Waals surface area contributed by atoms with Crippen LogP contribution in [-0.2, 0) is 32.6 Å². The summed E-state index contributed by atoms with van der Waals surface area (Å²) in [6.07, 6.45) is 1.25. The van der Waals surface area contributed by atoms with Crippen LogP contribution in [0.15, 0.2) is 72.8 Å². The summed E-state index contributed by atoms with van der Waals surface area (Å²) in [5, 5.41) is 3.35. The molecule has 0 radical (unpaired) electrons. The second kappa shape index (κ2) is 14.0. The number of nitrogens with zero attached hydrogens (tertiary/aromatic N) is 2. The molecular formula is C29H34ClN3O6S. The third kappa shape index (κ3) is 8.12. The molecule has 0 heterocycles. The lowest BCUT2D eigenvalue weighted by atomic mass is 10.0. The maximum atomic E-state index is 14.1. The van der Waals surface area contributed by atoms with Crippen molar-refractivity contribution >= 4 is 39.1 Å². The molecule has 40 heavy (non-hydrogen) atoms. The van der Waals surface area contributed by atoms with Gasteiger partial charge in [0.1, 0.15) is 24.1 Å². The summed E-state index contributed by atoms with van der Waals surface area (Å²) in [7, 11) is -1.06. The van der Waals surface area contributed by atoms with Crippen LogP contribution in [0.3, 0.4) is 0 Å². The summed E-state index contributed by atoms with van der Waals surface area (Å²) >= 11 is 6.07. The number of hydrogen-bond donors (Lipinski definition) is 1. The monoisotopic (exact) mass is 587 g/mol. The van der Waals surface area contributed by atoms with Crippen molar-refractivity contribution in [3.63, 3.8) is 0 Å². The van der Waals surface area contributed by atoms with Crippen molar-refractivity contribution in [3.05, 3.63) is 88.9 Å². The van der Waals surface area contributed by atoms with Gasteiger partial charge in [0.25, 0.3) is 0 Å². The van der Waals surface area contributed by atoms with Gasteiger partial charge in [-0.3, -0.25) is 13.9 Å². The Morgan fingerprint density at radius 3 is 2.20 bits per heavy atom. The van der Waals surface area contributed by atoms with Crippen molar-refractivity contribution in [3.8, 4) is 11.5 Å². The first kappa shape index (κ1) is 30.8. The van der Waals surface area contributed by atoms with Crippen molar-refractivity contribution in [1.82, 2.24) is 10.2 Å². The number of halogens is 1. The van der Waals surface area contributed by atoms with E-state index in [4.69, 9.17) is 21.1 Å². The van der Waals surface area contributed by atoms with Gasteiger partial charge in [0.2, 0.25) is 21.8 Å². The standard InChI is InChI=1S/C29H34ClN3O6S/c1-5-31-29(35)26(17-21-9-7-6-8-10-21)32(19-22-11-13-23(30)14-12-22)28(34)20-33(40(4,36)37)25-16-15-24(38-2)18-27(25)39-3/h6-16,18,26H,5,17,19-20H2,1-4H3,(H,31,35). The zero-order chi connectivity index (χ0) is 29.3. The van der Waals surface area contributed by atoms with Gasteiger partial charge in [0, 0.05) is 30.6 Å². The molecule has 0 aliphatic heterocycles. The van der Waals surface area contributed by atoms with E-state index in [1.807, 2.05) is 30.3 Å². The van der Waals surface area contributed by atoms with Crippen molar-refractivity contribution in [2.75, 3.05) is 37.9 Å². The van der Waals surface area contributed by atoms with Crippen LogP contribution in [-0.4, -0.2) is 64.7 Å². The first-order chi connectivity index (χ1) is 19.1. The molecule has 0 saturated heterocycles. The smallest absolute Gasteiger partial charge is 0.244 e. The Hall–Kier alpha value is -3.76. The van der Waals surface area contributed by atoms with Gasteiger partial charge in [-0.1, -0.05) is 54.1 Å². The van der Waals surface area contributed by atoms with Gasteiger partial charge in [-0.2, -0.15) is 0 Å². The molecule has 11 heteroatoms. The SMILES string of the molecule is CCNC(=O)C(Cc1ccccc1)N(Cc1ccc(Cl)cc1)C(=O)CN(c1ccc(OC)cc1OC)S(C)(=O)=O. The number of ether oxygens (including phenoxy) is 2. The van der Waals surface area contributed by atoms with Crippen LogP contribution in [0, 0.1) is 0 Å². The molecule has 0 aliphatic carbocycles. The van der Waals surface area contributed by atoms with Gasteiger partial charge >= 0.3 is 0 Å². The summed E-state index contributed by atoms with van der Waals surface area (Å²) in [5.41, 5.74) is 1.75. The third-order valence-corrected chi connectivity index (χ3v) is 7.60. The fraction of sp³-hybridized carbons (Fsp3) is 0.310. The molecule has 0 saturated carbocycles. The Morgan fingerprint density at radius 1 is 0.950 bits per heavy atom. The summed E-state index contributed by atoms with van der Waals surface area (Å²) in [6.45, 7) is 1.66. The first-order valence-corrected chi connectivity index (χ1v) is 14.8. The zero-order valence-corrected chi connectivity index (χ0v) is 24.5. The Labute approximate surface area is 240 Å². The Balaban J connectivity index is 2.07. The van der Waals surface area contributed by atoms with E-state index in [0.29, 0.717) is 17.3 Å². The van der Waals surface area contributed by atoms with Crippen molar-refractivity contribution in [2.45, 2.75) is 25.9 Å². The van der Waals surface area contributed by atoms with E-state index in [9.17, 15) is 18.0 Å². The van der Waals surface area contributed by atoms with E-state index in [1.54, 1.807) is 37.3 Å². The number of methoxy groups -OCH3 is 2. The minimum absolute atomic E-state index is 0.0575. The van der Waals surface area contributed by atoms with E-state index in [0.717, 1.165) is 21.7 Å². The number of likely N-dealkylation sites (N-methyl/N-ethyl adjacent to an activating group) is 1. The third-order valence-electron chi connectivity index (χ3n) is 6.22. The summed E-state index contributed by atoms with van der Waals surface area (Å²) < 4.78 is 37.6. The molecule has 0 aliphatic rings. The molecule has 0 spiro atoms. The summed E-state index contributed by atoms with van der Waals surface area (Å²) in [5.74, 6) is -0.234. The van der Waals surface area contributed by atoms with Gasteiger partial charge in [-0.15, -0.1) is 0 Å². The van der Waals surface area contributed by atoms with E-state index < -0.39 is 28.5 Å². The van der Waals surface area contributed by atoms with Crippen LogP contribution < -0.4 is 19.1 Å². The number of sulfonamides is 1. The van der Waals surface area contributed by atoms with Gasteiger partial charge < -0.3 is 19.7 Å². The number of benzene rings is 3. The number of nitrogens with one attached hydrogen (secondary N) is 1. The predicted molar refractivity (Wildman–Crippen MR) is 156 cm³/mol. The molecule has 3 aromatic rings. The van der Waals surface area contributed by atoms with Crippen LogP contribution in [0.4, 0.5) is 5.69 Å². The Morgan fingerprint density at radius 2 is 1.62 bits per heavy atom. The molecule has 1 N–H and O–H groups in total. The predicted octanol–water partition coefficient (Wildman–Crippen LogP) is 3.90. The van der Waals surface area contributed by atoms with Gasteiger partial charge in [0.05, 0.1) is 26.2 Å². The lowest BCUT2D eigenvalue weighted by molar-refractivity contribution is -0.140. The minimum atomic E-state index is -3.95. The highest BCUT2D eigenvalue weighted by Crippen LogP contribution is 2.33. The van der Waals surface area contributed by atoms with Crippen LogP contribution >= 0.6 is 11.6 Å². The number of carbonyl (C=O) groups excluding carboxylic acids is 2. The lowest BCUT2D eigenvalue weighted by Gasteiger charge is -2.33. The van der Waals surface area contributed by atoms with Crippen molar-refractivity contribution in [2.24, 2.45) is 0 Å². The average Bonchev–Trinajstić information content (AvgIpc) is 2.94. The quantitative estimate of drug-likeness (QED) is 0.325. The number of amides is 2. The van der Waals surface area contributed by atoms with Crippen LogP contribution in [0.5, 0.6) is 11.5 Å². The van der Waals surface area contributed by atoms with Crippen LogP contribution in [0.25, 0.3) is 0 Å². The molecule has 3 aromatic carbocycles.